The molecule has 1 atom stereocenters. The average molecular weight is 514 g/mol. The van der Waals surface area contributed by atoms with Crippen LogP contribution in [0.1, 0.15) is 38.3 Å². The summed E-state index contributed by atoms with van der Waals surface area (Å²) in [6.07, 6.45) is 4.04. The molecule has 4 rings (SSSR count). The Bertz CT molecular complexity index is 1250. The molecule has 10 heteroatoms. The number of esters is 1. The second-order valence-electron chi connectivity index (χ2n) is 8.26. The van der Waals surface area contributed by atoms with Crippen LogP contribution in [0.2, 0.25) is 0 Å². The van der Waals surface area contributed by atoms with E-state index >= 15 is 0 Å². The normalized spacial score (nSPS) is 14.4. The smallest absolute Gasteiger partial charge is 0.308 e. The third-order valence-corrected chi connectivity index (χ3v) is 7.97. The second kappa shape index (κ2) is 11.0. The first-order valence-corrected chi connectivity index (χ1v) is 13.2. The van der Waals surface area contributed by atoms with Crippen molar-refractivity contribution in [1.82, 2.24) is 4.98 Å². The molecule has 1 aliphatic rings. The molecular weight excluding hydrogens is 486 g/mol. The number of amides is 1. The lowest BCUT2D eigenvalue weighted by molar-refractivity contribution is -0.131. The highest BCUT2D eigenvalue weighted by Crippen LogP contribution is 2.37. The number of carbonyl (C=O) groups is 2. The molecule has 1 unspecified atom stereocenters. The maximum absolute atomic E-state index is 13.2. The fourth-order valence-corrected chi connectivity index (χ4v) is 5.99. The number of rotatable bonds is 8. The summed E-state index contributed by atoms with van der Waals surface area (Å²) in [4.78, 5) is 29.5. The third kappa shape index (κ3) is 6.07. The maximum atomic E-state index is 13.2. The number of benzene rings is 2. The van der Waals surface area contributed by atoms with Crippen molar-refractivity contribution < 1.29 is 23.3 Å². The minimum atomic E-state index is -1.63. The zero-order chi connectivity index (χ0) is 24.9. The minimum absolute atomic E-state index is 0.0308. The summed E-state index contributed by atoms with van der Waals surface area (Å²) in [5, 5.41) is 3.53. The van der Waals surface area contributed by atoms with Gasteiger partial charge in [-0.25, -0.2) is 9.19 Å². The Balaban J connectivity index is 1.53. The van der Waals surface area contributed by atoms with Gasteiger partial charge in [-0.2, -0.15) is 0 Å². The van der Waals surface area contributed by atoms with Crippen molar-refractivity contribution in [3.8, 4) is 21.9 Å². The molecule has 1 aliphatic carbocycles. The lowest BCUT2D eigenvalue weighted by Gasteiger charge is -2.12. The highest BCUT2D eigenvalue weighted by molar-refractivity contribution is 7.86. The van der Waals surface area contributed by atoms with Gasteiger partial charge in [0.1, 0.15) is 16.4 Å². The third-order valence-electron chi connectivity index (χ3n) is 5.70. The van der Waals surface area contributed by atoms with Gasteiger partial charge in [-0.3, -0.25) is 9.59 Å². The zero-order valence-electron chi connectivity index (χ0n) is 19.8. The monoisotopic (exact) mass is 513 g/mol. The van der Waals surface area contributed by atoms with E-state index in [0.29, 0.717) is 27.2 Å². The van der Waals surface area contributed by atoms with Gasteiger partial charge < -0.3 is 19.5 Å². The van der Waals surface area contributed by atoms with Crippen LogP contribution in [-0.2, 0) is 20.6 Å². The number of ether oxygens (including phenoxy) is 2. The van der Waals surface area contributed by atoms with Crippen molar-refractivity contribution >= 4 is 45.0 Å². The maximum Gasteiger partial charge on any atom is 0.308 e. The lowest BCUT2D eigenvalue weighted by Crippen LogP contribution is -2.20. The fraction of sp³-hybridized carbons (Fsp3) is 0.320. The van der Waals surface area contributed by atoms with Crippen molar-refractivity contribution in [2.45, 2.75) is 44.4 Å². The van der Waals surface area contributed by atoms with Gasteiger partial charge >= 0.3 is 5.97 Å². The Kier molecular flexibility index (Phi) is 7.82. The van der Waals surface area contributed by atoms with Crippen molar-refractivity contribution in [3.05, 3.63) is 48.2 Å². The number of nitrogens with one attached hydrogen (secondary N) is 2. The summed E-state index contributed by atoms with van der Waals surface area (Å²) in [7, 11) is -0.100. The molecule has 35 heavy (non-hydrogen) atoms. The van der Waals surface area contributed by atoms with Crippen LogP contribution in [0.5, 0.6) is 11.5 Å². The Hall–Kier alpha value is -3.24. The van der Waals surface area contributed by atoms with Crippen molar-refractivity contribution in [3.63, 3.8) is 0 Å². The molecule has 0 bridgehead atoms. The molecule has 184 valence electrons. The van der Waals surface area contributed by atoms with E-state index in [1.54, 1.807) is 36.4 Å². The molecule has 1 fully saturated rings. The lowest BCUT2D eigenvalue weighted by atomic mass is 10.1. The quantitative estimate of drug-likeness (QED) is 0.312. The molecule has 1 heterocycles. The Labute approximate surface area is 210 Å². The van der Waals surface area contributed by atoms with Crippen LogP contribution in [0.4, 0.5) is 10.8 Å². The summed E-state index contributed by atoms with van der Waals surface area (Å²) in [6, 6.07) is 12.1. The molecule has 1 saturated carbocycles. The first-order chi connectivity index (χ1) is 16.8. The first-order valence-electron chi connectivity index (χ1n) is 11.3. The van der Waals surface area contributed by atoms with Crippen LogP contribution >= 0.6 is 11.3 Å². The van der Waals surface area contributed by atoms with Gasteiger partial charge in [0.25, 0.3) is 0 Å². The number of hydrogen-bond acceptors (Lipinski definition) is 7. The van der Waals surface area contributed by atoms with Gasteiger partial charge in [0.15, 0.2) is 16.1 Å². The number of anilines is 2. The van der Waals surface area contributed by atoms with Gasteiger partial charge in [-0.15, -0.1) is 0 Å². The van der Waals surface area contributed by atoms with Gasteiger partial charge in [-0.1, -0.05) is 24.2 Å². The highest BCUT2D eigenvalue weighted by Gasteiger charge is 2.24. The molecule has 0 spiro atoms. The molecule has 0 radical (unpaired) electrons. The number of nitrogens with zero attached hydrogens (tertiary/aromatic N) is 1. The van der Waals surface area contributed by atoms with E-state index in [9.17, 15) is 13.8 Å². The molecule has 0 saturated heterocycles. The van der Waals surface area contributed by atoms with E-state index in [2.05, 4.69) is 15.0 Å². The highest BCUT2D eigenvalue weighted by atomic mass is 32.2. The van der Waals surface area contributed by atoms with E-state index < -0.39 is 17.0 Å². The Morgan fingerprint density at radius 1 is 1.11 bits per heavy atom. The van der Waals surface area contributed by atoms with E-state index in [4.69, 9.17) is 9.47 Å². The molecular formula is C25H27N3O5S2. The second-order valence-corrected chi connectivity index (χ2v) is 10.4. The Morgan fingerprint density at radius 2 is 1.83 bits per heavy atom. The van der Waals surface area contributed by atoms with E-state index in [1.807, 2.05) is 13.0 Å². The van der Waals surface area contributed by atoms with E-state index in [0.717, 1.165) is 41.8 Å². The number of thiazole rings is 1. The Morgan fingerprint density at radius 3 is 2.49 bits per heavy atom. The predicted molar refractivity (Wildman–Crippen MR) is 137 cm³/mol. The fourth-order valence-electron chi connectivity index (χ4n) is 3.99. The number of aryl methyl sites for hydroxylation is 1. The summed E-state index contributed by atoms with van der Waals surface area (Å²) in [5.74, 6) is 0.573. The van der Waals surface area contributed by atoms with E-state index in [-0.39, 0.29) is 11.8 Å². The largest absolute Gasteiger partial charge is 0.495 e. The molecule has 2 aromatic carbocycles. The van der Waals surface area contributed by atoms with Crippen LogP contribution in [0.25, 0.3) is 10.4 Å². The standard InChI is InChI=1S/C25H27N3O5S2/c1-15-23(34-25(26-15)27-24(30)17-6-4-5-7-17)18-8-13-21(32-3)22(14-18)35(31)28-19-9-11-20(12-10-19)33-16(2)29/h8-14,17,28H,4-7H2,1-3H3,(H,26,27,30). The van der Waals surface area contributed by atoms with Crippen LogP contribution in [0.15, 0.2) is 47.4 Å². The van der Waals surface area contributed by atoms with Gasteiger partial charge in [0.05, 0.1) is 17.7 Å². The van der Waals surface area contributed by atoms with Crippen molar-refractivity contribution in [2.24, 2.45) is 5.92 Å². The van der Waals surface area contributed by atoms with Crippen LogP contribution < -0.4 is 19.5 Å². The molecule has 8 nitrogen and oxygen atoms in total. The minimum Gasteiger partial charge on any atom is -0.495 e. The molecule has 2 N–H and O–H groups in total. The number of hydrogen-bond donors (Lipinski definition) is 2. The van der Waals surface area contributed by atoms with Crippen LogP contribution in [0, 0.1) is 12.8 Å². The number of methoxy groups -OCH3 is 1. The summed E-state index contributed by atoms with van der Waals surface area (Å²) >= 11 is 1.40. The number of aromatic nitrogens is 1. The van der Waals surface area contributed by atoms with Gasteiger partial charge in [0, 0.05) is 18.5 Å². The molecule has 1 amide bonds. The first kappa shape index (κ1) is 24.9. The van der Waals surface area contributed by atoms with E-state index in [1.165, 1.54) is 25.4 Å². The van der Waals surface area contributed by atoms with Gasteiger partial charge in [0.2, 0.25) is 5.91 Å². The summed E-state index contributed by atoms with van der Waals surface area (Å²) < 4.78 is 26.6. The zero-order valence-corrected chi connectivity index (χ0v) is 21.4. The SMILES string of the molecule is COc1ccc(-c2sc(NC(=O)C3CCCC3)nc2C)cc1S(=O)Nc1ccc(OC(C)=O)cc1. The molecule has 3 aromatic rings. The van der Waals surface area contributed by atoms with Crippen molar-refractivity contribution in [1.29, 1.82) is 0 Å². The summed E-state index contributed by atoms with van der Waals surface area (Å²) in [6.45, 7) is 3.22. The topological polar surface area (TPSA) is 107 Å². The van der Waals surface area contributed by atoms with Gasteiger partial charge in [-0.05, 0) is 67.8 Å². The van der Waals surface area contributed by atoms with Crippen LogP contribution in [0.3, 0.4) is 0 Å². The predicted octanol–water partition coefficient (Wildman–Crippen LogP) is 5.32. The van der Waals surface area contributed by atoms with Crippen LogP contribution in [-0.4, -0.2) is 28.2 Å². The summed E-state index contributed by atoms with van der Waals surface area (Å²) in [5.41, 5.74) is 2.21. The number of carbonyl (C=O) groups excluding carboxylic acids is 2. The molecule has 0 aliphatic heterocycles. The van der Waals surface area contributed by atoms with Crippen molar-refractivity contribution in [2.75, 3.05) is 17.1 Å². The molecule has 1 aromatic heterocycles. The average Bonchev–Trinajstić information content (AvgIpc) is 3.49.